The summed E-state index contributed by atoms with van der Waals surface area (Å²) in [5, 5.41) is 0. The highest BCUT2D eigenvalue weighted by atomic mass is 16.5. The molecule has 6 nitrogen and oxygen atoms in total. The average Bonchev–Trinajstić information content (AvgIpc) is 3.52. The van der Waals surface area contributed by atoms with Gasteiger partial charge in [0.1, 0.15) is 12.1 Å². The third kappa shape index (κ3) is 5.76. The van der Waals surface area contributed by atoms with Gasteiger partial charge in [-0.3, -0.25) is 0 Å². The fourth-order valence-electron chi connectivity index (χ4n) is 4.98. The number of carbonyl (C=O) groups is 1. The molecule has 0 radical (unpaired) electrons. The Morgan fingerprint density at radius 2 is 1.23 bits per heavy atom. The van der Waals surface area contributed by atoms with Gasteiger partial charge in [-0.2, -0.15) is 0 Å². The van der Waals surface area contributed by atoms with Crippen LogP contribution in [0.5, 0.6) is 0 Å². The van der Waals surface area contributed by atoms with Crippen LogP contribution in [0.3, 0.4) is 0 Å². The van der Waals surface area contributed by atoms with Gasteiger partial charge in [-0.05, 0) is 28.7 Å². The first kappa shape index (κ1) is 25.9. The SMILES string of the molecule is NC(=O)OCc1ccccc1.N[C@H]1C[C@@H]1c1cn(C(c2ccccc2)(c2ccccc2)c2ccccc2)cn1. The first-order chi connectivity index (χ1) is 19.1. The molecule has 5 aromatic rings. The van der Waals surface area contributed by atoms with Crippen LogP contribution in [0, 0.1) is 0 Å². The molecule has 39 heavy (non-hydrogen) atoms. The fourth-order valence-corrected chi connectivity index (χ4v) is 4.98. The third-order valence-electron chi connectivity index (χ3n) is 7.01. The van der Waals surface area contributed by atoms with E-state index in [-0.39, 0.29) is 12.6 Å². The van der Waals surface area contributed by atoms with E-state index in [1.165, 1.54) is 16.7 Å². The van der Waals surface area contributed by atoms with Crippen molar-refractivity contribution in [2.24, 2.45) is 11.5 Å². The molecule has 0 unspecified atom stereocenters. The zero-order valence-electron chi connectivity index (χ0n) is 21.6. The van der Waals surface area contributed by atoms with Gasteiger partial charge in [-0.25, -0.2) is 9.78 Å². The lowest BCUT2D eigenvalue weighted by atomic mass is 9.77. The highest BCUT2D eigenvalue weighted by Gasteiger charge is 2.41. The summed E-state index contributed by atoms with van der Waals surface area (Å²) in [6, 6.07) is 41.6. The van der Waals surface area contributed by atoms with Gasteiger partial charge in [-0.15, -0.1) is 0 Å². The number of hydrogen-bond donors (Lipinski definition) is 2. The van der Waals surface area contributed by atoms with Crippen molar-refractivity contribution in [3.8, 4) is 0 Å². The van der Waals surface area contributed by atoms with Gasteiger partial charge < -0.3 is 20.8 Å². The lowest BCUT2D eigenvalue weighted by Crippen LogP contribution is -2.36. The summed E-state index contributed by atoms with van der Waals surface area (Å²) in [5.74, 6) is 0.376. The van der Waals surface area contributed by atoms with Gasteiger partial charge in [0.2, 0.25) is 0 Å². The number of nitrogens with two attached hydrogens (primary N) is 2. The van der Waals surface area contributed by atoms with E-state index in [2.05, 4.69) is 106 Å². The van der Waals surface area contributed by atoms with Crippen LogP contribution in [0.15, 0.2) is 134 Å². The molecule has 1 aliphatic carbocycles. The van der Waals surface area contributed by atoms with Crippen molar-refractivity contribution >= 4 is 6.09 Å². The summed E-state index contributed by atoms with van der Waals surface area (Å²) in [6.45, 7) is 0.246. The quantitative estimate of drug-likeness (QED) is 0.267. The molecule has 6 rings (SSSR count). The Balaban J connectivity index is 0.000000237. The molecular weight excluding hydrogens is 484 g/mol. The second-order valence-corrected chi connectivity index (χ2v) is 9.61. The number of aromatic nitrogens is 2. The maximum atomic E-state index is 10.2. The van der Waals surface area contributed by atoms with Crippen LogP contribution < -0.4 is 11.5 Å². The van der Waals surface area contributed by atoms with Gasteiger partial charge >= 0.3 is 6.09 Å². The minimum atomic E-state index is -0.742. The Hall–Kier alpha value is -4.68. The predicted molar refractivity (Wildman–Crippen MR) is 153 cm³/mol. The summed E-state index contributed by atoms with van der Waals surface area (Å²) in [4.78, 5) is 14.9. The molecule has 0 aliphatic heterocycles. The largest absolute Gasteiger partial charge is 0.445 e. The molecule has 0 saturated heterocycles. The maximum absolute atomic E-state index is 10.2. The molecule has 6 heteroatoms. The van der Waals surface area contributed by atoms with Crippen LogP contribution >= 0.6 is 0 Å². The van der Waals surface area contributed by atoms with E-state index in [4.69, 9.17) is 16.5 Å². The van der Waals surface area contributed by atoms with Gasteiger partial charge in [-0.1, -0.05) is 121 Å². The fraction of sp³-hybridized carbons (Fsp3) is 0.152. The Morgan fingerprint density at radius 1 is 0.795 bits per heavy atom. The number of ether oxygens (including phenoxy) is 1. The highest BCUT2D eigenvalue weighted by molar-refractivity contribution is 5.64. The summed E-state index contributed by atoms with van der Waals surface area (Å²) in [6.07, 6.45) is 4.43. The zero-order valence-corrected chi connectivity index (χ0v) is 21.6. The van der Waals surface area contributed by atoms with Crippen LogP contribution in [0.2, 0.25) is 0 Å². The lowest BCUT2D eigenvalue weighted by Gasteiger charge is -2.37. The van der Waals surface area contributed by atoms with Crippen LogP contribution in [-0.2, 0) is 16.9 Å². The monoisotopic (exact) mass is 516 g/mol. The second-order valence-electron chi connectivity index (χ2n) is 9.61. The Labute approximate surface area is 228 Å². The van der Waals surface area contributed by atoms with Crippen molar-refractivity contribution in [1.29, 1.82) is 0 Å². The van der Waals surface area contributed by atoms with Gasteiger partial charge in [0.25, 0.3) is 0 Å². The smallest absolute Gasteiger partial charge is 0.404 e. The van der Waals surface area contributed by atoms with E-state index in [9.17, 15) is 4.79 Å². The van der Waals surface area contributed by atoms with Crippen LogP contribution in [0.25, 0.3) is 0 Å². The van der Waals surface area contributed by atoms with Gasteiger partial charge in [0.15, 0.2) is 0 Å². The standard InChI is InChI=1S/C25H23N3.C8H9NO2/c26-23-16-22(23)24-17-28(18-27-24)25(19-10-4-1-5-11-19,20-12-6-2-7-13-20)21-14-8-3-9-15-21;9-8(10)11-6-7-4-2-1-3-5-7/h1-15,17-18,22-23H,16,26H2;1-5H,6H2,(H2,9,10)/t22-,23-;/m0./s1. The highest BCUT2D eigenvalue weighted by Crippen LogP contribution is 2.43. The number of primary amides is 1. The second kappa shape index (κ2) is 11.8. The van der Waals surface area contributed by atoms with Gasteiger partial charge in [0, 0.05) is 18.2 Å². The molecule has 1 saturated carbocycles. The molecule has 1 amide bonds. The number of rotatable bonds is 7. The van der Waals surface area contributed by atoms with Crippen LogP contribution in [0.4, 0.5) is 4.79 Å². The molecule has 1 aromatic heterocycles. The van der Waals surface area contributed by atoms with Crippen molar-refractivity contribution in [2.45, 2.75) is 30.5 Å². The van der Waals surface area contributed by atoms with Crippen LogP contribution in [0.1, 0.15) is 40.3 Å². The molecule has 196 valence electrons. The van der Waals surface area contributed by atoms with Crippen molar-refractivity contribution in [1.82, 2.24) is 9.55 Å². The predicted octanol–water partition coefficient (Wildman–Crippen LogP) is 5.82. The molecule has 1 aliphatic rings. The minimum absolute atomic E-state index is 0.239. The molecular formula is C33H32N4O2. The van der Waals surface area contributed by atoms with Crippen molar-refractivity contribution in [3.05, 3.63) is 162 Å². The topological polar surface area (TPSA) is 96.2 Å². The first-order valence-electron chi connectivity index (χ1n) is 13.0. The van der Waals surface area contributed by atoms with Crippen molar-refractivity contribution < 1.29 is 9.53 Å². The summed E-state index contributed by atoms with van der Waals surface area (Å²) in [5.41, 5.74) is 16.0. The zero-order chi connectivity index (χ0) is 27.1. The normalized spacial score (nSPS) is 16.0. The Morgan fingerprint density at radius 3 is 1.64 bits per heavy atom. The molecule has 2 atom stereocenters. The number of amides is 1. The molecule has 1 fully saturated rings. The number of carbonyl (C=O) groups excluding carboxylic acids is 1. The van der Waals surface area contributed by atoms with E-state index in [0.717, 1.165) is 17.7 Å². The van der Waals surface area contributed by atoms with Crippen molar-refractivity contribution in [3.63, 3.8) is 0 Å². The third-order valence-corrected chi connectivity index (χ3v) is 7.01. The summed E-state index contributed by atoms with van der Waals surface area (Å²) >= 11 is 0. The number of imidazole rings is 1. The minimum Gasteiger partial charge on any atom is -0.445 e. The van der Waals surface area contributed by atoms with E-state index < -0.39 is 11.6 Å². The van der Waals surface area contributed by atoms with E-state index >= 15 is 0 Å². The van der Waals surface area contributed by atoms with E-state index in [1.807, 2.05) is 36.7 Å². The van der Waals surface area contributed by atoms with E-state index in [0.29, 0.717) is 5.92 Å². The Kier molecular flexibility index (Phi) is 7.85. The summed E-state index contributed by atoms with van der Waals surface area (Å²) in [7, 11) is 0. The van der Waals surface area contributed by atoms with Gasteiger partial charge in [0.05, 0.1) is 12.0 Å². The van der Waals surface area contributed by atoms with Crippen molar-refractivity contribution in [2.75, 3.05) is 0 Å². The maximum Gasteiger partial charge on any atom is 0.404 e. The van der Waals surface area contributed by atoms with E-state index in [1.54, 1.807) is 0 Å². The number of benzene rings is 4. The average molecular weight is 517 g/mol. The molecule has 1 heterocycles. The first-order valence-corrected chi connectivity index (χ1v) is 13.0. The molecule has 0 bridgehead atoms. The number of nitrogens with zero attached hydrogens (tertiary/aromatic N) is 2. The lowest BCUT2D eigenvalue weighted by molar-refractivity contribution is 0.150. The molecule has 0 spiro atoms. The Bertz CT molecular complexity index is 1380. The molecule has 4 aromatic carbocycles. The molecule has 4 N–H and O–H groups in total. The number of hydrogen-bond acceptors (Lipinski definition) is 4. The summed E-state index contributed by atoms with van der Waals surface area (Å²) < 4.78 is 6.82. The van der Waals surface area contributed by atoms with Crippen LogP contribution in [-0.4, -0.2) is 21.7 Å².